The van der Waals surface area contributed by atoms with E-state index in [-0.39, 0.29) is 12.2 Å². The maximum Gasteiger partial charge on any atom is 0.0633 e. The van der Waals surface area contributed by atoms with Gasteiger partial charge in [0.1, 0.15) is 0 Å². The third kappa shape index (κ3) is 7.69. The molecule has 2 atom stereocenters. The molecule has 0 bridgehead atoms. The number of rotatable bonds is 10. The molecular formula is C20H26O2S. The first-order chi connectivity index (χ1) is 11.2. The minimum absolute atomic E-state index is 0.304. The van der Waals surface area contributed by atoms with Gasteiger partial charge in [-0.3, -0.25) is 0 Å². The van der Waals surface area contributed by atoms with Crippen LogP contribution in [-0.2, 0) is 12.8 Å². The van der Waals surface area contributed by atoms with E-state index in [1.165, 1.54) is 11.1 Å². The number of aryl methyl sites for hydroxylation is 2. The zero-order valence-corrected chi connectivity index (χ0v) is 14.3. The van der Waals surface area contributed by atoms with Gasteiger partial charge in [-0.1, -0.05) is 60.7 Å². The van der Waals surface area contributed by atoms with Gasteiger partial charge in [-0.2, -0.15) is 11.8 Å². The largest absolute Gasteiger partial charge is 0.392 e. The monoisotopic (exact) mass is 330 g/mol. The number of hydrogen-bond donors (Lipinski definition) is 2. The fourth-order valence-corrected chi connectivity index (χ4v) is 3.48. The van der Waals surface area contributed by atoms with Crippen molar-refractivity contribution >= 4 is 11.8 Å². The number of aliphatic hydroxyl groups excluding tert-OH is 2. The highest BCUT2D eigenvalue weighted by Gasteiger charge is 2.09. The van der Waals surface area contributed by atoms with E-state index in [0.717, 1.165) is 25.7 Å². The van der Waals surface area contributed by atoms with Crippen LogP contribution in [0.1, 0.15) is 24.0 Å². The van der Waals surface area contributed by atoms with Crippen LogP contribution >= 0.6 is 11.8 Å². The summed E-state index contributed by atoms with van der Waals surface area (Å²) in [5.74, 6) is 1.38. The molecule has 0 aliphatic rings. The van der Waals surface area contributed by atoms with Gasteiger partial charge in [0.15, 0.2) is 0 Å². The number of thioether (sulfide) groups is 1. The van der Waals surface area contributed by atoms with Gasteiger partial charge < -0.3 is 10.2 Å². The predicted molar refractivity (Wildman–Crippen MR) is 98.9 cm³/mol. The Bertz CT molecular complexity index is 480. The topological polar surface area (TPSA) is 40.5 Å². The van der Waals surface area contributed by atoms with Crippen molar-refractivity contribution in [1.82, 2.24) is 0 Å². The van der Waals surface area contributed by atoms with Crippen LogP contribution in [0.25, 0.3) is 0 Å². The summed E-state index contributed by atoms with van der Waals surface area (Å²) in [7, 11) is 0. The standard InChI is InChI=1S/C20H26O2S/c21-19(13-11-17-7-3-1-4-8-17)15-23-16-20(22)14-12-18-9-5-2-6-10-18/h1-10,19-22H,11-16H2. The number of benzene rings is 2. The molecule has 0 aromatic heterocycles. The second-order valence-corrected chi connectivity index (χ2v) is 6.97. The van der Waals surface area contributed by atoms with E-state index in [2.05, 4.69) is 24.3 Å². The molecule has 124 valence electrons. The van der Waals surface area contributed by atoms with Gasteiger partial charge in [-0.05, 0) is 36.8 Å². The molecule has 0 saturated carbocycles. The highest BCUT2D eigenvalue weighted by atomic mass is 32.2. The number of aliphatic hydroxyl groups is 2. The van der Waals surface area contributed by atoms with Crippen LogP contribution in [0.2, 0.25) is 0 Å². The summed E-state index contributed by atoms with van der Waals surface area (Å²) in [6.45, 7) is 0. The normalized spacial score (nSPS) is 13.7. The molecule has 0 spiro atoms. The summed E-state index contributed by atoms with van der Waals surface area (Å²) >= 11 is 1.64. The van der Waals surface area contributed by atoms with Gasteiger partial charge in [0, 0.05) is 11.5 Å². The molecule has 0 saturated heterocycles. The maximum absolute atomic E-state index is 10.0. The smallest absolute Gasteiger partial charge is 0.0633 e. The Morgan fingerprint density at radius 3 is 1.43 bits per heavy atom. The Morgan fingerprint density at radius 2 is 1.04 bits per heavy atom. The fraction of sp³-hybridized carbons (Fsp3) is 0.400. The lowest BCUT2D eigenvalue weighted by Gasteiger charge is -2.13. The van der Waals surface area contributed by atoms with Crippen LogP contribution < -0.4 is 0 Å². The van der Waals surface area contributed by atoms with E-state index < -0.39 is 0 Å². The molecule has 0 aliphatic carbocycles. The SMILES string of the molecule is OC(CCc1ccccc1)CSCC(O)CCc1ccccc1. The Morgan fingerprint density at radius 1 is 0.652 bits per heavy atom. The minimum atomic E-state index is -0.304. The van der Waals surface area contributed by atoms with Crippen LogP contribution in [0, 0.1) is 0 Å². The first-order valence-electron chi connectivity index (χ1n) is 8.26. The molecule has 3 heteroatoms. The van der Waals surface area contributed by atoms with Gasteiger partial charge in [-0.15, -0.1) is 0 Å². The molecule has 23 heavy (non-hydrogen) atoms. The summed E-state index contributed by atoms with van der Waals surface area (Å²) in [6, 6.07) is 20.5. The van der Waals surface area contributed by atoms with Crippen LogP contribution in [0.4, 0.5) is 0 Å². The van der Waals surface area contributed by atoms with E-state index in [1.807, 2.05) is 36.4 Å². The van der Waals surface area contributed by atoms with E-state index in [1.54, 1.807) is 11.8 Å². The van der Waals surface area contributed by atoms with Crippen molar-refractivity contribution in [2.24, 2.45) is 0 Å². The average molecular weight is 330 g/mol. The minimum Gasteiger partial charge on any atom is -0.392 e. The first-order valence-corrected chi connectivity index (χ1v) is 9.41. The van der Waals surface area contributed by atoms with Crippen LogP contribution in [-0.4, -0.2) is 33.9 Å². The van der Waals surface area contributed by atoms with Crippen molar-refractivity contribution < 1.29 is 10.2 Å². The third-order valence-electron chi connectivity index (χ3n) is 3.84. The highest BCUT2D eigenvalue weighted by molar-refractivity contribution is 7.99. The Balaban J connectivity index is 1.55. The zero-order chi connectivity index (χ0) is 16.3. The van der Waals surface area contributed by atoms with Gasteiger partial charge in [0.25, 0.3) is 0 Å². The number of hydrogen-bond acceptors (Lipinski definition) is 3. The molecule has 0 fully saturated rings. The van der Waals surface area contributed by atoms with Gasteiger partial charge in [-0.25, -0.2) is 0 Å². The molecule has 0 radical (unpaired) electrons. The lowest BCUT2D eigenvalue weighted by atomic mass is 10.1. The van der Waals surface area contributed by atoms with Crippen molar-refractivity contribution in [3.05, 3.63) is 71.8 Å². The molecule has 0 heterocycles. The molecule has 2 aromatic carbocycles. The molecular weight excluding hydrogens is 304 g/mol. The van der Waals surface area contributed by atoms with Crippen molar-refractivity contribution in [2.75, 3.05) is 11.5 Å². The van der Waals surface area contributed by atoms with E-state index in [0.29, 0.717) is 11.5 Å². The lowest BCUT2D eigenvalue weighted by molar-refractivity contribution is 0.184. The quantitative estimate of drug-likeness (QED) is 0.698. The summed E-state index contributed by atoms with van der Waals surface area (Å²) in [5, 5.41) is 20.1. The summed E-state index contributed by atoms with van der Waals surface area (Å²) in [6.07, 6.45) is 2.75. The van der Waals surface area contributed by atoms with Gasteiger partial charge in [0.05, 0.1) is 12.2 Å². The molecule has 2 rings (SSSR count). The van der Waals surface area contributed by atoms with Crippen LogP contribution in [0.15, 0.2) is 60.7 Å². The molecule has 2 aromatic rings. The zero-order valence-electron chi connectivity index (χ0n) is 13.5. The highest BCUT2D eigenvalue weighted by Crippen LogP contribution is 2.13. The van der Waals surface area contributed by atoms with Crippen LogP contribution in [0.5, 0.6) is 0 Å². The van der Waals surface area contributed by atoms with Crippen molar-refractivity contribution in [1.29, 1.82) is 0 Å². The average Bonchev–Trinajstić information content (AvgIpc) is 2.60. The fourth-order valence-electron chi connectivity index (χ4n) is 2.46. The molecule has 0 aliphatic heterocycles. The summed E-state index contributed by atoms with van der Waals surface area (Å²) in [4.78, 5) is 0. The van der Waals surface area contributed by atoms with Crippen molar-refractivity contribution in [2.45, 2.75) is 37.9 Å². The second-order valence-electron chi connectivity index (χ2n) is 5.89. The molecule has 2 unspecified atom stereocenters. The third-order valence-corrected chi connectivity index (χ3v) is 5.08. The second kappa shape index (κ2) is 10.5. The van der Waals surface area contributed by atoms with Gasteiger partial charge in [0.2, 0.25) is 0 Å². The first kappa shape index (κ1) is 18.1. The summed E-state index contributed by atoms with van der Waals surface area (Å²) in [5.41, 5.74) is 2.53. The van der Waals surface area contributed by atoms with Gasteiger partial charge >= 0.3 is 0 Å². The predicted octanol–water partition coefficient (Wildman–Crippen LogP) is 3.71. The van der Waals surface area contributed by atoms with E-state index >= 15 is 0 Å². The lowest BCUT2D eigenvalue weighted by Crippen LogP contribution is -2.16. The summed E-state index contributed by atoms with van der Waals surface area (Å²) < 4.78 is 0. The van der Waals surface area contributed by atoms with E-state index in [9.17, 15) is 10.2 Å². The molecule has 0 amide bonds. The van der Waals surface area contributed by atoms with Crippen LogP contribution in [0.3, 0.4) is 0 Å². The maximum atomic E-state index is 10.0. The van der Waals surface area contributed by atoms with Crippen molar-refractivity contribution in [3.63, 3.8) is 0 Å². The molecule has 2 N–H and O–H groups in total. The Hall–Kier alpha value is -1.29. The molecule has 2 nitrogen and oxygen atoms in total. The Labute approximate surface area is 143 Å². The Kier molecular flexibility index (Phi) is 8.23. The van der Waals surface area contributed by atoms with E-state index in [4.69, 9.17) is 0 Å². The van der Waals surface area contributed by atoms with Crippen molar-refractivity contribution in [3.8, 4) is 0 Å².